The van der Waals surface area contributed by atoms with Gasteiger partial charge in [0.25, 0.3) is 5.91 Å². The highest BCUT2D eigenvalue weighted by Gasteiger charge is 2.23. The average Bonchev–Trinajstić information content (AvgIpc) is 2.60. The molecule has 0 saturated heterocycles. The minimum absolute atomic E-state index is 0.456. The van der Waals surface area contributed by atoms with E-state index in [1.807, 2.05) is 0 Å². The summed E-state index contributed by atoms with van der Waals surface area (Å²) in [6.45, 7) is 4.82. The third kappa shape index (κ3) is 5.38. The van der Waals surface area contributed by atoms with Gasteiger partial charge in [0.05, 0.1) is 0 Å². The van der Waals surface area contributed by atoms with E-state index in [0.717, 1.165) is 5.56 Å². The topological polar surface area (TPSA) is 64.6 Å². The first-order valence-electron chi connectivity index (χ1n) is 7.96. The fourth-order valence-corrected chi connectivity index (χ4v) is 2.37. The van der Waals surface area contributed by atoms with E-state index in [9.17, 15) is 9.59 Å². The van der Waals surface area contributed by atoms with E-state index in [-0.39, 0.29) is 0 Å². The van der Waals surface area contributed by atoms with E-state index in [1.165, 1.54) is 6.92 Å². The van der Waals surface area contributed by atoms with Crippen LogP contribution in [0.25, 0.3) is 0 Å². The first-order chi connectivity index (χ1) is 12.3. The van der Waals surface area contributed by atoms with Crippen molar-refractivity contribution in [2.75, 3.05) is 5.32 Å². The molecule has 1 N–H and O–H groups in total. The van der Waals surface area contributed by atoms with Crippen LogP contribution in [0.2, 0.25) is 10.0 Å². The van der Waals surface area contributed by atoms with Crippen LogP contribution in [0.15, 0.2) is 42.5 Å². The van der Waals surface area contributed by atoms with E-state index >= 15 is 0 Å². The van der Waals surface area contributed by atoms with Crippen molar-refractivity contribution in [1.29, 1.82) is 0 Å². The van der Waals surface area contributed by atoms with Gasteiger partial charge in [-0.15, -0.1) is 0 Å². The molecule has 2 aromatic carbocycles. The summed E-state index contributed by atoms with van der Waals surface area (Å²) in [6, 6.07) is 11.8. The smallest absolute Gasteiger partial charge is 0.347 e. The van der Waals surface area contributed by atoms with E-state index < -0.39 is 24.1 Å². The lowest BCUT2D eigenvalue weighted by Gasteiger charge is -2.18. The van der Waals surface area contributed by atoms with E-state index in [0.29, 0.717) is 21.5 Å². The van der Waals surface area contributed by atoms with Crippen molar-refractivity contribution >= 4 is 40.8 Å². The predicted octanol–water partition coefficient (Wildman–Crippen LogP) is 4.64. The molecular formula is C19H19Cl2NO4. The van der Waals surface area contributed by atoms with Gasteiger partial charge in [0.1, 0.15) is 5.75 Å². The molecule has 0 aliphatic carbocycles. The number of nitrogens with one attached hydrogen (secondary N) is 1. The lowest BCUT2D eigenvalue weighted by Crippen LogP contribution is -2.35. The number of ether oxygens (including phenoxy) is 2. The van der Waals surface area contributed by atoms with Gasteiger partial charge in [-0.3, -0.25) is 4.79 Å². The molecule has 26 heavy (non-hydrogen) atoms. The Bertz CT molecular complexity index is 793. The highest BCUT2D eigenvalue weighted by molar-refractivity contribution is 6.31. The predicted molar refractivity (Wildman–Crippen MR) is 102 cm³/mol. The number of amides is 1. The molecule has 0 heterocycles. The molecular weight excluding hydrogens is 377 g/mol. The number of hydrogen-bond acceptors (Lipinski definition) is 4. The Morgan fingerprint density at radius 2 is 1.65 bits per heavy atom. The lowest BCUT2D eigenvalue weighted by molar-refractivity contribution is -0.159. The Kier molecular flexibility index (Phi) is 6.89. The van der Waals surface area contributed by atoms with Gasteiger partial charge in [0.15, 0.2) is 12.2 Å². The maximum Gasteiger partial charge on any atom is 0.347 e. The molecule has 0 fully saturated rings. The second-order valence-electron chi connectivity index (χ2n) is 5.69. The number of rotatable bonds is 6. The second-order valence-corrected chi connectivity index (χ2v) is 6.54. The number of anilines is 1. The first kappa shape index (κ1) is 20.1. The van der Waals surface area contributed by atoms with Gasteiger partial charge in [-0.1, -0.05) is 29.3 Å². The molecule has 7 heteroatoms. The van der Waals surface area contributed by atoms with Crippen LogP contribution in [0.1, 0.15) is 19.4 Å². The van der Waals surface area contributed by atoms with Crippen LogP contribution < -0.4 is 10.1 Å². The average molecular weight is 396 g/mol. The summed E-state index contributed by atoms with van der Waals surface area (Å²) < 4.78 is 10.7. The Hall–Kier alpha value is -2.24. The summed E-state index contributed by atoms with van der Waals surface area (Å²) in [5.41, 5.74) is 1.30. The lowest BCUT2D eigenvalue weighted by atomic mass is 10.2. The van der Waals surface area contributed by atoms with Crippen molar-refractivity contribution in [1.82, 2.24) is 0 Å². The molecule has 2 aromatic rings. The summed E-state index contributed by atoms with van der Waals surface area (Å²) in [5, 5.41) is 3.80. The van der Waals surface area contributed by atoms with Gasteiger partial charge >= 0.3 is 5.97 Å². The van der Waals surface area contributed by atoms with Crippen LogP contribution in [-0.2, 0) is 14.3 Å². The van der Waals surface area contributed by atoms with Crippen molar-refractivity contribution in [3.05, 3.63) is 58.1 Å². The molecule has 0 aromatic heterocycles. The highest BCUT2D eigenvalue weighted by atomic mass is 35.5. The number of esters is 1. The van der Waals surface area contributed by atoms with Crippen LogP contribution in [0.3, 0.4) is 0 Å². The van der Waals surface area contributed by atoms with Gasteiger partial charge in [0, 0.05) is 15.7 Å². The Labute approximate surface area is 162 Å². The molecule has 2 rings (SSSR count). The third-order valence-electron chi connectivity index (χ3n) is 3.65. The van der Waals surface area contributed by atoms with E-state index in [1.54, 1.807) is 56.3 Å². The molecule has 0 bridgehead atoms. The Morgan fingerprint density at radius 3 is 2.31 bits per heavy atom. The Morgan fingerprint density at radius 1 is 1.00 bits per heavy atom. The van der Waals surface area contributed by atoms with Gasteiger partial charge in [-0.2, -0.15) is 0 Å². The van der Waals surface area contributed by atoms with Crippen molar-refractivity contribution in [3.63, 3.8) is 0 Å². The van der Waals surface area contributed by atoms with Crippen LogP contribution in [-0.4, -0.2) is 24.1 Å². The maximum absolute atomic E-state index is 12.2. The summed E-state index contributed by atoms with van der Waals surface area (Å²) in [6.07, 6.45) is -1.86. The fourth-order valence-electron chi connectivity index (χ4n) is 2.07. The molecule has 138 valence electrons. The van der Waals surface area contributed by atoms with E-state index in [2.05, 4.69) is 5.32 Å². The normalized spacial score (nSPS) is 12.8. The maximum atomic E-state index is 12.2. The molecule has 0 aliphatic rings. The quantitative estimate of drug-likeness (QED) is 0.723. The third-order valence-corrected chi connectivity index (χ3v) is 4.31. The molecule has 0 spiro atoms. The summed E-state index contributed by atoms with van der Waals surface area (Å²) in [4.78, 5) is 24.4. The summed E-state index contributed by atoms with van der Waals surface area (Å²) in [7, 11) is 0. The van der Waals surface area contributed by atoms with Crippen LogP contribution >= 0.6 is 23.2 Å². The second kappa shape index (κ2) is 8.92. The minimum atomic E-state index is -0.989. The largest absolute Gasteiger partial charge is 0.479 e. The number of benzene rings is 2. The molecule has 0 aliphatic heterocycles. The first-order valence-corrected chi connectivity index (χ1v) is 8.72. The van der Waals surface area contributed by atoms with Crippen molar-refractivity contribution in [3.8, 4) is 5.75 Å². The van der Waals surface area contributed by atoms with Crippen LogP contribution in [0.5, 0.6) is 5.75 Å². The van der Waals surface area contributed by atoms with Crippen LogP contribution in [0.4, 0.5) is 5.69 Å². The summed E-state index contributed by atoms with van der Waals surface area (Å²) in [5.74, 6) is -0.627. The van der Waals surface area contributed by atoms with Gasteiger partial charge in [-0.05, 0) is 62.7 Å². The number of halogens is 2. The zero-order valence-corrected chi connectivity index (χ0v) is 16.1. The fraction of sp³-hybridized carbons (Fsp3) is 0.263. The van der Waals surface area contributed by atoms with Crippen LogP contribution in [0, 0.1) is 6.92 Å². The van der Waals surface area contributed by atoms with Crippen molar-refractivity contribution in [2.45, 2.75) is 33.0 Å². The van der Waals surface area contributed by atoms with Crippen molar-refractivity contribution in [2.24, 2.45) is 0 Å². The van der Waals surface area contributed by atoms with E-state index in [4.69, 9.17) is 32.7 Å². The number of carbonyl (C=O) groups excluding carboxylic acids is 2. The zero-order valence-electron chi connectivity index (χ0n) is 14.6. The molecule has 5 nitrogen and oxygen atoms in total. The Balaban J connectivity index is 1.91. The van der Waals surface area contributed by atoms with Gasteiger partial charge in [0.2, 0.25) is 0 Å². The number of hydrogen-bond donors (Lipinski definition) is 1. The molecule has 2 atom stereocenters. The summed E-state index contributed by atoms with van der Waals surface area (Å²) >= 11 is 11.8. The SMILES string of the molecule is Cc1c(Cl)cccc1NC(=O)[C@@H](C)OC(=O)[C@@H](C)Oc1ccc(Cl)cc1. The molecule has 0 radical (unpaired) electrons. The van der Waals surface area contributed by atoms with Gasteiger partial charge in [-0.25, -0.2) is 4.79 Å². The van der Waals surface area contributed by atoms with Gasteiger partial charge < -0.3 is 14.8 Å². The monoisotopic (exact) mass is 395 g/mol. The molecule has 1 amide bonds. The van der Waals surface area contributed by atoms with Crippen molar-refractivity contribution < 1.29 is 19.1 Å². The standard InChI is InChI=1S/C19H19Cl2NO4/c1-11-16(21)5-4-6-17(11)22-18(23)12(2)26-19(24)13(3)25-15-9-7-14(20)8-10-15/h4-10,12-13H,1-3H3,(H,22,23)/t12-,13-/m1/s1. The molecule has 0 unspecified atom stereocenters. The molecule has 0 saturated carbocycles. The minimum Gasteiger partial charge on any atom is -0.479 e. The number of carbonyl (C=O) groups is 2. The highest BCUT2D eigenvalue weighted by Crippen LogP contribution is 2.23. The zero-order chi connectivity index (χ0) is 19.3.